The van der Waals surface area contributed by atoms with Gasteiger partial charge in [0.1, 0.15) is 5.75 Å². The number of benzene rings is 1. The minimum atomic E-state index is -0.235. The van der Waals surface area contributed by atoms with E-state index in [0.29, 0.717) is 30.1 Å². The molecule has 1 aromatic carbocycles. The molecule has 0 spiro atoms. The molecule has 0 unspecified atom stereocenters. The number of nitrogens with zero attached hydrogens (tertiary/aromatic N) is 1. The number of nitrogens with one attached hydrogen (secondary N) is 1. The Morgan fingerprint density at radius 2 is 2.26 bits per heavy atom. The van der Waals surface area contributed by atoms with Crippen LogP contribution in [-0.4, -0.2) is 43.5 Å². The molecule has 2 amide bonds. The van der Waals surface area contributed by atoms with Crippen LogP contribution in [0.2, 0.25) is 0 Å². The number of carbonyl (C=O) groups is 2. The summed E-state index contributed by atoms with van der Waals surface area (Å²) in [5.74, 6) is 0.0822. The highest BCUT2D eigenvalue weighted by Crippen LogP contribution is 2.23. The lowest BCUT2D eigenvalue weighted by Crippen LogP contribution is -2.37. The molecule has 1 aliphatic heterocycles. The molecule has 0 aromatic heterocycles. The average Bonchev–Trinajstić information content (AvgIpc) is 2.62. The average molecular weight is 263 g/mol. The first-order valence-corrected chi connectivity index (χ1v) is 6.11. The van der Waals surface area contributed by atoms with Crippen LogP contribution in [0.15, 0.2) is 18.2 Å². The summed E-state index contributed by atoms with van der Waals surface area (Å²) in [6.45, 7) is 1.20. The lowest BCUT2D eigenvalue weighted by atomic mass is 10.1. The van der Waals surface area contributed by atoms with E-state index in [1.54, 1.807) is 18.2 Å². The first-order valence-electron chi connectivity index (χ1n) is 6.11. The normalized spacial score (nSPS) is 15.6. The smallest absolute Gasteiger partial charge is 0.258 e. The van der Waals surface area contributed by atoms with E-state index in [1.807, 2.05) is 0 Å². The molecular formula is C13H17N3O3. The summed E-state index contributed by atoms with van der Waals surface area (Å²) >= 11 is 0. The largest absolute Gasteiger partial charge is 0.496 e. The number of carbonyl (C=O) groups excluding carboxylic acids is 2. The Balaban J connectivity index is 2.27. The van der Waals surface area contributed by atoms with E-state index < -0.39 is 0 Å². The molecule has 0 saturated carbocycles. The number of methoxy groups -OCH3 is 1. The molecule has 1 heterocycles. The van der Waals surface area contributed by atoms with Gasteiger partial charge in [0.25, 0.3) is 5.91 Å². The van der Waals surface area contributed by atoms with Gasteiger partial charge < -0.3 is 20.7 Å². The maximum atomic E-state index is 12.4. The van der Waals surface area contributed by atoms with Crippen LogP contribution in [0.5, 0.6) is 5.75 Å². The molecule has 19 heavy (non-hydrogen) atoms. The van der Waals surface area contributed by atoms with Crippen molar-refractivity contribution >= 4 is 17.5 Å². The number of nitrogen functional groups attached to an aromatic ring is 1. The number of rotatable bonds is 2. The molecule has 1 aliphatic rings. The zero-order chi connectivity index (χ0) is 13.8. The fourth-order valence-corrected chi connectivity index (χ4v) is 2.04. The van der Waals surface area contributed by atoms with Crippen LogP contribution < -0.4 is 15.8 Å². The number of nitrogens with two attached hydrogens (primary N) is 1. The molecule has 1 saturated heterocycles. The summed E-state index contributed by atoms with van der Waals surface area (Å²) < 4.78 is 5.17. The number of amides is 2. The third-order valence-electron chi connectivity index (χ3n) is 3.00. The summed E-state index contributed by atoms with van der Waals surface area (Å²) in [4.78, 5) is 25.4. The Hall–Kier alpha value is -2.24. The van der Waals surface area contributed by atoms with Crippen molar-refractivity contribution in [1.29, 1.82) is 0 Å². The monoisotopic (exact) mass is 263 g/mol. The van der Waals surface area contributed by atoms with Crippen molar-refractivity contribution < 1.29 is 14.3 Å². The lowest BCUT2D eigenvalue weighted by Gasteiger charge is -2.20. The van der Waals surface area contributed by atoms with Crippen LogP contribution in [0.1, 0.15) is 16.8 Å². The predicted molar refractivity (Wildman–Crippen MR) is 70.9 cm³/mol. The maximum absolute atomic E-state index is 12.4. The summed E-state index contributed by atoms with van der Waals surface area (Å²) in [5, 5.41) is 2.73. The predicted octanol–water partition coefficient (Wildman–Crippen LogP) is 0.240. The quantitative estimate of drug-likeness (QED) is 0.749. The van der Waals surface area contributed by atoms with E-state index in [9.17, 15) is 9.59 Å². The van der Waals surface area contributed by atoms with Gasteiger partial charge in [-0.1, -0.05) is 0 Å². The molecule has 1 fully saturated rings. The highest BCUT2D eigenvalue weighted by molar-refractivity contribution is 5.99. The summed E-state index contributed by atoms with van der Waals surface area (Å²) in [6.07, 6.45) is 0.738. The number of hydrogen-bond donors (Lipinski definition) is 2. The first-order chi connectivity index (χ1) is 9.11. The zero-order valence-electron chi connectivity index (χ0n) is 10.8. The Kier molecular flexibility index (Phi) is 3.89. The van der Waals surface area contributed by atoms with Crippen molar-refractivity contribution in [1.82, 2.24) is 10.2 Å². The van der Waals surface area contributed by atoms with Crippen molar-refractivity contribution in [2.24, 2.45) is 0 Å². The standard InChI is InChI=1S/C13H17N3O3/c1-19-11-4-3-9(14)7-10(11)13(18)16-6-2-5-15-12(17)8-16/h3-4,7H,2,5-6,8,14H2,1H3,(H,15,17). The summed E-state index contributed by atoms with van der Waals surface area (Å²) in [7, 11) is 1.50. The molecule has 0 atom stereocenters. The molecule has 0 aliphatic carbocycles. The Bertz CT molecular complexity index is 502. The third kappa shape index (κ3) is 2.96. The van der Waals surface area contributed by atoms with E-state index in [4.69, 9.17) is 10.5 Å². The second-order valence-electron chi connectivity index (χ2n) is 4.39. The van der Waals surface area contributed by atoms with Crippen molar-refractivity contribution in [3.8, 4) is 5.75 Å². The van der Waals surface area contributed by atoms with Gasteiger partial charge >= 0.3 is 0 Å². The van der Waals surface area contributed by atoms with E-state index >= 15 is 0 Å². The Labute approximate surface area is 111 Å². The molecule has 2 rings (SSSR count). The molecule has 6 heteroatoms. The van der Waals surface area contributed by atoms with Crippen LogP contribution in [0.4, 0.5) is 5.69 Å². The zero-order valence-corrected chi connectivity index (χ0v) is 10.8. The fraction of sp³-hybridized carbons (Fsp3) is 0.385. The number of ether oxygens (including phenoxy) is 1. The number of hydrogen-bond acceptors (Lipinski definition) is 4. The molecule has 0 radical (unpaired) electrons. The van der Waals surface area contributed by atoms with Crippen LogP contribution in [0.25, 0.3) is 0 Å². The molecular weight excluding hydrogens is 246 g/mol. The second-order valence-corrected chi connectivity index (χ2v) is 4.39. The van der Waals surface area contributed by atoms with Crippen molar-refractivity contribution in [2.75, 3.05) is 32.5 Å². The maximum Gasteiger partial charge on any atom is 0.258 e. The second kappa shape index (κ2) is 5.60. The fourth-order valence-electron chi connectivity index (χ4n) is 2.04. The van der Waals surface area contributed by atoms with Gasteiger partial charge in [0.2, 0.25) is 5.91 Å². The minimum absolute atomic E-state index is 0.0663. The molecule has 0 bridgehead atoms. The highest BCUT2D eigenvalue weighted by atomic mass is 16.5. The van der Waals surface area contributed by atoms with Crippen molar-refractivity contribution in [2.45, 2.75) is 6.42 Å². The van der Waals surface area contributed by atoms with E-state index in [-0.39, 0.29) is 18.4 Å². The number of anilines is 1. The van der Waals surface area contributed by atoms with Crippen LogP contribution in [0, 0.1) is 0 Å². The third-order valence-corrected chi connectivity index (χ3v) is 3.00. The molecule has 1 aromatic rings. The van der Waals surface area contributed by atoms with Crippen LogP contribution in [-0.2, 0) is 4.79 Å². The van der Waals surface area contributed by atoms with Crippen molar-refractivity contribution in [3.05, 3.63) is 23.8 Å². The van der Waals surface area contributed by atoms with Gasteiger partial charge in [-0.3, -0.25) is 9.59 Å². The Morgan fingerprint density at radius 1 is 1.47 bits per heavy atom. The van der Waals surface area contributed by atoms with E-state index in [1.165, 1.54) is 12.0 Å². The molecule has 6 nitrogen and oxygen atoms in total. The van der Waals surface area contributed by atoms with Gasteiger partial charge in [-0.05, 0) is 24.6 Å². The van der Waals surface area contributed by atoms with Gasteiger partial charge in [-0.25, -0.2) is 0 Å². The van der Waals surface area contributed by atoms with Crippen LogP contribution in [0.3, 0.4) is 0 Å². The van der Waals surface area contributed by atoms with Crippen LogP contribution >= 0.6 is 0 Å². The molecule has 102 valence electrons. The summed E-state index contributed by atoms with van der Waals surface area (Å²) in [5.41, 5.74) is 6.58. The van der Waals surface area contributed by atoms with Crippen molar-refractivity contribution in [3.63, 3.8) is 0 Å². The molecule has 3 N–H and O–H groups in total. The topological polar surface area (TPSA) is 84.7 Å². The minimum Gasteiger partial charge on any atom is -0.496 e. The van der Waals surface area contributed by atoms with Gasteiger partial charge in [0.05, 0.1) is 19.2 Å². The highest BCUT2D eigenvalue weighted by Gasteiger charge is 2.23. The first kappa shape index (κ1) is 13.2. The summed E-state index contributed by atoms with van der Waals surface area (Å²) in [6, 6.07) is 4.90. The van der Waals surface area contributed by atoms with Gasteiger partial charge in [-0.2, -0.15) is 0 Å². The van der Waals surface area contributed by atoms with Gasteiger partial charge in [0, 0.05) is 18.8 Å². The lowest BCUT2D eigenvalue weighted by molar-refractivity contribution is -0.121. The SMILES string of the molecule is COc1ccc(N)cc1C(=O)N1CCCNC(=O)C1. The Morgan fingerprint density at radius 3 is 3.00 bits per heavy atom. The van der Waals surface area contributed by atoms with Gasteiger partial charge in [0.15, 0.2) is 0 Å². The van der Waals surface area contributed by atoms with E-state index in [2.05, 4.69) is 5.32 Å². The van der Waals surface area contributed by atoms with E-state index in [0.717, 1.165) is 6.42 Å². The van der Waals surface area contributed by atoms with Gasteiger partial charge in [-0.15, -0.1) is 0 Å².